The standard InChI is InChI=1S/C14H18BrN3O2/c1-9-8-10(15)5-6-11(9)14(19)18-7-3-2-4-12(18)13(16)17-20/h5-6,8,12,20H,2-4,7H2,1H3,(H2,16,17). The Balaban J connectivity index is 2.30. The van der Waals surface area contributed by atoms with Gasteiger partial charge in [-0.15, -0.1) is 0 Å². The van der Waals surface area contributed by atoms with Gasteiger partial charge in [0, 0.05) is 16.6 Å². The molecule has 1 saturated heterocycles. The van der Waals surface area contributed by atoms with E-state index >= 15 is 0 Å². The number of likely N-dealkylation sites (tertiary alicyclic amines) is 1. The minimum Gasteiger partial charge on any atom is -0.409 e. The zero-order valence-electron chi connectivity index (χ0n) is 11.3. The summed E-state index contributed by atoms with van der Waals surface area (Å²) in [5.74, 6) is 0.0408. The van der Waals surface area contributed by atoms with Crippen molar-refractivity contribution in [1.29, 1.82) is 0 Å². The van der Waals surface area contributed by atoms with E-state index in [4.69, 9.17) is 10.9 Å². The molecule has 0 aromatic heterocycles. The van der Waals surface area contributed by atoms with Gasteiger partial charge in [-0.25, -0.2) is 0 Å². The Labute approximate surface area is 126 Å². The normalized spacial score (nSPS) is 20.0. The van der Waals surface area contributed by atoms with Crippen molar-refractivity contribution in [3.8, 4) is 0 Å². The summed E-state index contributed by atoms with van der Waals surface area (Å²) in [6.07, 6.45) is 2.65. The third-order valence-corrected chi connectivity index (χ3v) is 4.13. The van der Waals surface area contributed by atoms with Gasteiger partial charge >= 0.3 is 0 Å². The first kappa shape index (κ1) is 14.8. The molecule has 1 aliphatic rings. The first-order chi connectivity index (χ1) is 9.54. The van der Waals surface area contributed by atoms with Crippen molar-refractivity contribution in [1.82, 2.24) is 4.90 Å². The zero-order valence-corrected chi connectivity index (χ0v) is 12.9. The van der Waals surface area contributed by atoms with Crippen LogP contribution in [0.2, 0.25) is 0 Å². The van der Waals surface area contributed by atoms with Crippen LogP contribution in [0.3, 0.4) is 0 Å². The van der Waals surface area contributed by atoms with Crippen LogP contribution in [-0.4, -0.2) is 34.4 Å². The highest BCUT2D eigenvalue weighted by atomic mass is 79.9. The average molecular weight is 340 g/mol. The highest BCUT2D eigenvalue weighted by Gasteiger charge is 2.30. The molecule has 1 unspecified atom stereocenters. The second kappa shape index (κ2) is 6.26. The molecule has 1 fully saturated rings. The first-order valence-corrected chi connectivity index (χ1v) is 7.38. The van der Waals surface area contributed by atoms with Gasteiger partial charge in [-0.2, -0.15) is 0 Å². The van der Waals surface area contributed by atoms with Crippen molar-refractivity contribution < 1.29 is 10.0 Å². The van der Waals surface area contributed by atoms with Gasteiger partial charge in [0.1, 0.15) is 0 Å². The van der Waals surface area contributed by atoms with Crippen LogP contribution >= 0.6 is 15.9 Å². The predicted octanol–water partition coefficient (Wildman–Crippen LogP) is 2.50. The summed E-state index contributed by atoms with van der Waals surface area (Å²) in [7, 11) is 0. The van der Waals surface area contributed by atoms with Gasteiger partial charge < -0.3 is 15.8 Å². The maximum Gasteiger partial charge on any atom is 0.254 e. The lowest BCUT2D eigenvalue weighted by molar-refractivity contribution is 0.0676. The molecule has 5 nitrogen and oxygen atoms in total. The number of oxime groups is 1. The Kier molecular flexibility index (Phi) is 4.65. The minimum absolute atomic E-state index is 0.0636. The van der Waals surface area contributed by atoms with E-state index in [1.807, 2.05) is 19.1 Å². The molecule has 6 heteroatoms. The maximum atomic E-state index is 12.7. The monoisotopic (exact) mass is 339 g/mol. The molecule has 0 bridgehead atoms. The number of hydrogen-bond acceptors (Lipinski definition) is 3. The molecule has 2 rings (SSSR count). The molecular formula is C14H18BrN3O2. The molecule has 20 heavy (non-hydrogen) atoms. The number of amides is 1. The Hall–Kier alpha value is -1.56. The van der Waals surface area contributed by atoms with E-state index in [-0.39, 0.29) is 17.8 Å². The molecule has 3 N–H and O–H groups in total. The molecule has 108 valence electrons. The number of nitrogens with zero attached hydrogens (tertiary/aromatic N) is 2. The van der Waals surface area contributed by atoms with Crippen LogP contribution in [0, 0.1) is 6.92 Å². The predicted molar refractivity (Wildman–Crippen MR) is 81.0 cm³/mol. The van der Waals surface area contributed by atoms with Crippen LogP contribution in [0.15, 0.2) is 27.8 Å². The van der Waals surface area contributed by atoms with Gasteiger partial charge in [0.15, 0.2) is 5.84 Å². The van der Waals surface area contributed by atoms with E-state index in [1.54, 1.807) is 11.0 Å². The molecule has 0 spiro atoms. The van der Waals surface area contributed by atoms with Crippen LogP contribution in [0.4, 0.5) is 0 Å². The first-order valence-electron chi connectivity index (χ1n) is 6.59. The van der Waals surface area contributed by atoms with E-state index in [0.29, 0.717) is 12.1 Å². The summed E-state index contributed by atoms with van der Waals surface area (Å²) in [5.41, 5.74) is 7.28. The molecule has 0 saturated carbocycles. The summed E-state index contributed by atoms with van der Waals surface area (Å²) in [6.45, 7) is 2.54. The van der Waals surface area contributed by atoms with E-state index < -0.39 is 0 Å². The average Bonchev–Trinajstić information content (AvgIpc) is 2.46. The molecule has 1 atom stereocenters. The smallest absolute Gasteiger partial charge is 0.254 e. The number of amidine groups is 1. The molecule has 1 amide bonds. The second-order valence-electron chi connectivity index (χ2n) is 4.99. The number of aryl methyl sites for hydroxylation is 1. The van der Waals surface area contributed by atoms with Gasteiger partial charge in [-0.05, 0) is 49.9 Å². The van der Waals surface area contributed by atoms with Crippen molar-refractivity contribution in [2.45, 2.75) is 32.2 Å². The summed E-state index contributed by atoms with van der Waals surface area (Å²) < 4.78 is 0.943. The van der Waals surface area contributed by atoms with Gasteiger partial charge in [-0.1, -0.05) is 21.1 Å². The highest BCUT2D eigenvalue weighted by molar-refractivity contribution is 9.10. The van der Waals surface area contributed by atoms with E-state index in [0.717, 1.165) is 29.3 Å². The third kappa shape index (κ3) is 2.95. The van der Waals surface area contributed by atoms with Crippen LogP contribution in [0.25, 0.3) is 0 Å². The van der Waals surface area contributed by atoms with Crippen molar-refractivity contribution in [2.24, 2.45) is 10.9 Å². The third-order valence-electron chi connectivity index (χ3n) is 3.64. The van der Waals surface area contributed by atoms with Gasteiger partial charge in [0.2, 0.25) is 0 Å². The fraction of sp³-hybridized carbons (Fsp3) is 0.429. The van der Waals surface area contributed by atoms with Crippen LogP contribution in [0.5, 0.6) is 0 Å². The fourth-order valence-corrected chi connectivity index (χ4v) is 3.05. The van der Waals surface area contributed by atoms with Gasteiger partial charge in [0.05, 0.1) is 6.04 Å². The SMILES string of the molecule is Cc1cc(Br)ccc1C(=O)N1CCCCC1C(N)=NO. The number of piperidine rings is 1. The molecule has 1 aliphatic heterocycles. The largest absolute Gasteiger partial charge is 0.409 e. The Morgan fingerprint density at radius 1 is 1.50 bits per heavy atom. The van der Waals surface area contributed by atoms with Crippen LogP contribution < -0.4 is 5.73 Å². The zero-order chi connectivity index (χ0) is 14.7. The van der Waals surface area contributed by atoms with E-state index in [1.165, 1.54) is 0 Å². The number of nitrogens with two attached hydrogens (primary N) is 1. The summed E-state index contributed by atoms with van der Waals surface area (Å²) in [5, 5.41) is 11.9. The minimum atomic E-state index is -0.315. The summed E-state index contributed by atoms with van der Waals surface area (Å²) in [6, 6.07) is 5.25. The molecular weight excluding hydrogens is 322 g/mol. The number of rotatable bonds is 2. The van der Waals surface area contributed by atoms with Crippen molar-refractivity contribution in [2.75, 3.05) is 6.54 Å². The van der Waals surface area contributed by atoms with Crippen molar-refractivity contribution in [3.05, 3.63) is 33.8 Å². The number of carbonyl (C=O) groups is 1. The summed E-state index contributed by atoms with van der Waals surface area (Å²) in [4.78, 5) is 14.4. The number of halogens is 1. The number of carbonyl (C=O) groups excluding carboxylic acids is 1. The summed E-state index contributed by atoms with van der Waals surface area (Å²) >= 11 is 3.39. The molecule has 1 aromatic carbocycles. The van der Waals surface area contributed by atoms with E-state index in [2.05, 4.69) is 21.1 Å². The molecule has 1 aromatic rings. The van der Waals surface area contributed by atoms with Gasteiger partial charge in [0.25, 0.3) is 5.91 Å². The Morgan fingerprint density at radius 3 is 2.90 bits per heavy atom. The van der Waals surface area contributed by atoms with Crippen LogP contribution in [-0.2, 0) is 0 Å². The lowest BCUT2D eigenvalue weighted by atomic mass is 9.99. The van der Waals surface area contributed by atoms with Gasteiger partial charge in [-0.3, -0.25) is 4.79 Å². The quantitative estimate of drug-likeness (QED) is 0.376. The highest BCUT2D eigenvalue weighted by Crippen LogP contribution is 2.23. The fourth-order valence-electron chi connectivity index (χ4n) is 2.57. The Morgan fingerprint density at radius 2 is 2.25 bits per heavy atom. The molecule has 1 heterocycles. The number of hydrogen-bond donors (Lipinski definition) is 2. The molecule has 0 radical (unpaired) electrons. The van der Waals surface area contributed by atoms with Crippen molar-refractivity contribution >= 4 is 27.7 Å². The second-order valence-corrected chi connectivity index (χ2v) is 5.91. The topological polar surface area (TPSA) is 78.9 Å². The molecule has 0 aliphatic carbocycles. The maximum absolute atomic E-state index is 12.7. The van der Waals surface area contributed by atoms with Crippen molar-refractivity contribution in [3.63, 3.8) is 0 Å². The van der Waals surface area contributed by atoms with Crippen LogP contribution in [0.1, 0.15) is 35.2 Å². The Bertz CT molecular complexity index is 545. The lowest BCUT2D eigenvalue weighted by Gasteiger charge is -2.35. The number of benzene rings is 1. The lowest BCUT2D eigenvalue weighted by Crippen LogP contribution is -2.50. The van der Waals surface area contributed by atoms with E-state index in [9.17, 15) is 4.79 Å².